The van der Waals surface area contributed by atoms with E-state index in [1.165, 1.54) is 21.9 Å². The molecule has 154 valence electrons. The number of hydrogen-bond acceptors (Lipinski definition) is 5. The van der Waals surface area contributed by atoms with E-state index in [-0.39, 0.29) is 19.0 Å². The summed E-state index contributed by atoms with van der Waals surface area (Å²) < 4.78 is 32.0. The molecule has 0 N–H and O–H groups in total. The summed E-state index contributed by atoms with van der Waals surface area (Å²) in [7, 11) is -3.53. The van der Waals surface area contributed by atoms with Crippen molar-refractivity contribution in [3.63, 3.8) is 0 Å². The third-order valence-corrected chi connectivity index (χ3v) is 6.39. The molecule has 1 aromatic heterocycles. The van der Waals surface area contributed by atoms with Crippen molar-refractivity contribution >= 4 is 39.2 Å². The van der Waals surface area contributed by atoms with Gasteiger partial charge in [0, 0.05) is 43.7 Å². The highest BCUT2D eigenvalue weighted by Gasteiger charge is 2.26. The number of rotatable bonds is 5. The Morgan fingerprint density at radius 3 is 2.37 bits per heavy atom. The predicted molar refractivity (Wildman–Crippen MR) is 116 cm³/mol. The summed E-state index contributed by atoms with van der Waals surface area (Å²) in [6.07, 6.45) is 4.52. The minimum Gasteiger partial charge on any atom is -0.437 e. The van der Waals surface area contributed by atoms with Gasteiger partial charge in [-0.1, -0.05) is 42.5 Å². The van der Waals surface area contributed by atoms with Crippen LogP contribution in [0.15, 0.2) is 70.5 Å². The van der Waals surface area contributed by atoms with Crippen LogP contribution in [0, 0.1) is 0 Å². The molecular formula is C22H21N3O4S. The van der Waals surface area contributed by atoms with Crippen LogP contribution in [0.2, 0.25) is 0 Å². The number of oxazole rings is 1. The van der Waals surface area contributed by atoms with Gasteiger partial charge in [0.2, 0.25) is 21.8 Å². The number of nitrogens with zero attached hydrogens (tertiary/aromatic N) is 3. The van der Waals surface area contributed by atoms with E-state index in [4.69, 9.17) is 4.42 Å². The SMILES string of the molecule is O=C(/C=C/c1nc2ccccc2o1)N1CCN(S(=O)(=O)/C=C/c2ccccc2)CC1. The molecule has 8 heteroatoms. The number of sulfonamides is 1. The van der Waals surface area contributed by atoms with Gasteiger partial charge in [-0.15, -0.1) is 0 Å². The highest BCUT2D eigenvalue weighted by Crippen LogP contribution is 2.16. The number of benzene rings is 2. The van der Waals surface area contributed by atoms with Crippen LogP contribution in [0.1, 0.15) is 11.5 Å². The maximum Gasteiger partial charge on any atom is 0.246 e. The summed E-state index contributed by atoms with van der Waals surface area (Å²) in [4.78, 5) is 18.4. The number of carbonyl (C=O) groups is 1. The molecule has 1 aliphatic heterocycles. The van der Waals surface area contributed by atoms with Gasteiger partial charge in [0.1, 0.15) is 5.52 Å². The van der Waals surface area contributed by atoms with E-state index in [1.807, 2.05) is 54.6 Å². The van der Waals surface area contributed by atoms with Crippen LogP contribution in [0.3, 0.4) is 0 Å². The first-order valence-electron chi connectivity index (χ1n) is 9.57. The minimum atomic E-state index is -3.53. The Balaban J connectivity index is 1.34. The highest BCUT2D eigenvalue weighted by molar-refractivity contribution is 7.92. The van der Waals surface area contributed by atoms with Crippen molar-refractivity contribution in [3.8, 4) is 0 Å². The maximum absolute atomic E-state index is 12.5. The Morgan fingerprint density at radius 1 is 0.933 bits per heavy atom. The lowest BCUT2D eigenvalue weighted by Gasteiger charge is -2.32. The fraction of sp³-hybridized carbons (Fsp3) is 0.182. The molecule has 2 aromatic carbocycles. The van der Waals surface area contributed by atoms with Crippen molar-refractivity contribution in [3.05, 3.63) is 77.5 Å². The number of fused-ring (bicyclic) bond motifs is 1. The van der Waals surface area contributed by atoms with Gasteiger partial charge in [0.15, 0.2) is 5.58 Å². The smallest absolute Gasteiger partial charge is 0.246 e. The number of carbonyl (C=O) groups excluding carboxylic acids is 1. The highest BCUT2D eigenvalue weighted by atomic mass is 32.2. The van der Waals surface area contributed by atoms with Crippen LogP contribution < -0.4 is 0 Å². The molecule has 0 atom stereocenters. The fourth-order valence-corrected chi connectivity index (χ4v) is 4.36. The molecule has 0 unspecified atom stereocenters. The lowest BCUT2D eigenvalue weighted by molar-refractivity contribution is -0.127. The quantitative estimate of drug-likeness (QED) is 0.589. The summed E-state index contributed by atoms with van der Waals surface area (Å²) in [6.45, 7) is 1.16. The maximum atomic E-state index is 12.5. The van der Waals surface area contributed by atoms with Gasteiger partial charge in [-0.25, -0.2) is 13.4 Å². The lowest BCUT2D eigenvalue weighted by Crippen LogP contribution is -2.49. The van der Waals surface area contributed by atoms with E-state index in [1.54, 1.807) is 11.0 Å². The molecule has 30 heavy (non-hydrogen) atoms. The van der Waals surface area contributed by atoms with E-state index in [0.717, 1.165) is 11.1 Å². The largest absolute Gasteiger partial charge is 0.437 e. The molecule has 1 saturated heterocycles. The summed E-state index contributed by atoms with van der Waals surface area (Å²) in [6, 6.07) is 16.6. The van der Waals surface area contributed by atoms with Crippen LogP contribution in [-0.4, -0.2) is 54.7 Å². The summed E-state index contributed by atoms with van der Waals surface area (Å²) >= 11 is 0. The molecule has 0 radical (unpaired) electrons. The van der Waals surface area contributed by atoms with E-state index < -0.39 is 10.0 Å². The molecule has 0 bridgehead atoms. The van der Waals surface area contributed by atoms with Gasteiger partial charge in [-0.2, -0.15) is 4.31 Å². The van der Waals surface area contributed by atoms with E-state index >= 15 is 0 Å². The number of aromatic nitrogens is 1. The Morgan fingerprint density at radius 2 is 1.63 bits per heavy atom. The molecule has 0 spiro atoms. The second-order valence-electron chi connectivity index (χ2n) is 6.84. The Labute approximate surface area is 175 Å². The standard InChI is InChI=1S/C22H21N3O4S/c26-22(11-10-21-23-19-8-4-5-9-20(19)29-21)24-13-15-25(16-14-24)30(27,28)17-12-18-6-2-1-3-7-18/h1-12,17H,13-16H2/b11-10+,17-12+. The van der Waals surface area contributed by atoms with Crippen molar-refractivity contribution in [1.29, 1.82) is 0 Å². The second kappa shape index (κ2) is 8.64. The van der Waals surface area contributed by atoms with Crippen molar-refractivity contribution in [2.24, 2.45) is 0 Å². The van der Waals surface area contributed by atoms with Crippen molar-refractivity contribution in [1.82, 2.24) is 14.2 Å². The molecule has 1 fully saturated rings. The van der Waals surface area contributed by atoms with Crippen LogP contribution in [-0.2, 0) is 14.8 Å². The number of amides is 1. The molecule has 1 aliphatic rings. The summed E-state index contributed by atoms with van der Waals surface area (Å²) in [5, 5.41) is 1.22. The van der Waals surface area contributed by atoms with Gasteiger partial charge < -0.3 is 9.32 Å². The van der Waals surface area contributed by atoms with Crippen molar-refractivity contribution < 1.29 is 17.6 Å². The fourth-order valence-electron chi connectivity index (χ4n) is 3.19. The zero-order valence-corrected chi connectivity index (χ0v) is 17.0. The normalized spacial score (nSPS) is 16.1. The average Bonchev–Trinajstić information content (AvgIpc) is 3.20. The Kier molecular flexibility index (Phi) is 5.78. The molecule has 7 nitrogen and oxygen atoms in total. The zero-order chi connectivity index (χ0) is 21.0. The number of hydrogen-bond donors (Lipinski definition) is 0. The lowest BCUT2D eigenvalue weighted by atomic mass is 10.2. The molecule has 4 rings (SSSR count). The second-order valence-corrected chi connectivity index (χ2v) is 8.65. The predicted octanol–water partition coefficient (Wildman–Crippen LogP) is 2.99. The zero-order valence-electron chi connectivity index (χ0n) is 16.2. The molecule has 3 aromatic rings. The molecule has 2 heterocycles. The van der Waals surface area contributed by atoms with Gasteiger partial charge in [-0.05, 0) is 23.8 Å². The van der Waals surface area contributed by atoms with Crippen LogP contribution in [0.5, 0.6) is 0 Å². The Hall–Kier alpha value is -3.23. The van der Waals surface area contributed by atoms with Crippen LogP contribution in [0.25, 0.3) is 23.3 Å². The average molecular weight is 423 g/mol. The third-order valence-electron chi connectivity index (χ3n) is 4.82. The van der Waals surface area contributed by atoms with Crippen LogP contribution >= 0.6 is 0 Å². The minimum absolute atomic E-state index is 0.200. The van der Waals surface area contributed by atoms with Gasteiger partial charge in [-0.3, -0.25) is 4.79 Å². The first kappa shape index (κ1) is 20.1. The first-order valence-corrected chi connectivity index (χ1v) is 11.1. The number of piperazine rings is 1. The first-order chi connectivity index (χ1) is 14.5. The van der Waals surface area contributed by atoms with E-state index in [9.17, 15) is 13.2 Å². The van der Waals surface area contributed by atoms with Crippen LogP contribution in [0.4, 0.5) is 0 Å². The van der Waals surface area contributed by atoms with Crippen molar-refractivity contribution in [2.75, 3.05) is 26.2 Å². The topological polar surface area (TPSA) is 83.7 Å². The molecular weight excluding hydrogens is 402 g/mol. The summed E-state index contributed by atoms with van der Waals surface area (Å²) in [5.74, 6) is 0.158. The molecule has 0 saturated carbocycles. The van der Waals surface area contributed by atoms with Gasteiger partial charge in [0.25, 0.3) is 0 Å². The van der Waals surface area contributed by atoms with E-state index in [0.29, 0.717) is 24.6 Å². The molecule has 1 amide bonds. The monoisotopic (exact) mass is 423 g/mol. The number of para-hydroxylation sites is 2. The Bertz CT molecular complexity index is 1160. The summed E-state index contributed by atoms with van der Waals surface area (Å²) in [5.41, 5.74) is 2.21. The van der Waals surface area contributed by atoms with Crippen molar-refractivity contribution in [2.45, 2.75) is 0 Å². The van der Waals surface area contributed by atoms with Gasteiger partial charge in [0.05, 0.1) is 0 Å². The van der Waals surface area contributed by atoms with E-state index in [2.05, 4.69) is 4.98 Å². The van der Waals surface area contributed by atoms with Gasteiger partial charge >= 0.3 is 0 Å². The third kappa shape index (κ3) is 4.67. The molecule has 0 aliphatic carbocycles.